The number of halogens is 2. The fourth-order valence-electron chi connectivity index (χ4n) is 3.17. The number of hydrogen-bond acceptors (Lipinski definition) is 2. The zero-order valence-corrected chi connectivity index (χ0v) is 13.9. The van der Waals surface area contributed by atoms with E-state index in [1.807, 2.05) is 6.92 Å². The molecule has 3 nitrogen and oxygen atoms in total. The minimum atomic E-state index is -0.565. The topological polar surface area (TPSA) is 32.3 Å². The van der Waals surface area contributed by atoms with E-state index >= 15 is 0 Å². The molecule has 0 bridgehead atoms. The van der Waals surface area contributed by atoms with Crippen LogP contribution >= 0.6 is 0 Å². The van der Waals surface area contributed by atoms with Crippen molar-refractivity contribution in [1.29, 1.82) is 0 Å². The van der Waals surface area contributed by atoms with Gasteiger partial charge in [0.15, 0.2) is 0 Å². The number of rotatable bonds is 6. The van der Waals surface area contributed by atoms with Gasteiger partial charge in [-0.1, -0.05) is 32.8 Å². The molecule has 128 valence electrons. The van der Waals surface area contributed by atoms with Gasteiger partial charge in [0, 0.05) is 18.2 Å². The summed E-state index contributed by atoms with van der Waals surface area (Å²) in [6.45, 7) is 4.86. The lowest BCUT2D eigenvalue weighted by molar-refractivity contribution is -0.123. The zero-order chi connectivity index (χ0) is 16.8. The molecule has 2 rings (SSSR count). The summed E-state index contributed by atoms with van der Waals surface area (Å²) in [7, 11) is 0. The summed E-state index contributed by atoms with van der Waals surface area (Å²) in [6.07, 6.45) is 4.53. The summed E-state index contributed by atoms with van der Waals surface area (Å²) in [5.74, 6) is -0.705. The van der Waals surface area contributed by atoms with Gasteiger partial charge in [-0.25, -0.2) is 8.78 Å². The Morgan fingerprint density at radius 1 is 1.26 bits per heavy atom. The highest BCUT2D eigenvalue weighted by Crippen LogP contribution is 2.23. The summed E-state index contributed by atoms with van der Waals surface area (Å²) in [5, 5.41) is 3.08. The molecule has 2 unspecified atom stereocenters. The number of nitrogens with zero attached hydrogens (tertiary/aromatic N) is 1. The molecule has 0 spiro atoms. The minimum Gasteiger partial charge on any atom is -0.352 e. The second-order valence-electron chi connectivity index (χ2n) is 6.44. The van der Waals surface area contributed by atoms with Crippen LogP contribution in [-0.2, 0) is 11.3 Å². The van der Waals surface area contributed by atoms with E-state index in [-0.39, 0.29) is 30.6 Å². The zero-order valence-electron chi connectivity index (χ0n) is 13.9. The monoisotopic (exact) mass is 324 g/mol. The molecule has 5 heteroatoms. The second kappa shape index (κ2) is 8.39. The summed E-state index contributed by atoms with van der Waals surface area (Å²) in [5.41, 5.74) is 0.0215. The molecule has 0 aromatic heterocycles. The molecule has 1 fully saturated rings. The molecule has 23 heavy (non-hydrogen) atoms. The fraction of sp³-hybridized carbons (Fsp3) is 0.611. The fourth-order valence-corrected chi connectivity index (χ4v) is 3.17. The first-order chi connectivity index (χ1) is 11.0. The Kier molecular flexibility index (Phi) is 6.51. The summed E-state index contributed by atoms with van der Waals surface area (Å²) < 4.78 is 27.5. The predicted molar refractivity (Wildman–Crippen MR) is 86.9 cm³/mol. The lowest BCUT2D eigenvalue weighted by Crippen LogP contribution is -2.45. The third-order valence-electron chi connectivity index (χ3n) is 4.72. The number of amides is 1. The summed E-state index contributed by atoms with van der Waals surface area (Å²) in [4.78, 5) is 14.0. The van der Waals surface area contributed by atoms with Crippen LogP contribution in [0.15, 0.2) is 18.2 Å². The second-order valence-corrected chi connectivity index (χ2v) is 6.44. The maximum Gasteiger partial charge on any atom is 0.234 e. The van der Waals surface area contributed by atoms with Crippen LogP contribution in [0.5, 0.6) is 0 Å². The van der Waals surface area contributed by atoms with Gasteiger partial charge in [0.2, 0.25) is 5.91 Å². The van der Waals surface area contributed by atoms with Crippen molar-refractivity contribution >= 4 is 5.91 Å². The molecule has 0 aliphatic heterocycles. The Morgan fingerprint density at radius 2 is 1.91 bits per heavy atom. The lowest BCUT2D eigenvalue weighted by Gasteiger charge is -2.30. The highest BCUT2D eigenvalue weighted by atomic mass is 19.1. The maximum absolute atomic E-state index is 13.7. The Labute approximate surface area is 137 Å². The van der Waals surface area contributed by atoms with Crippen molar-refractivity contribution in [2.24, 2.45) is 5.92 Å². The third kappa shape index (κ3) is 4.99. The Hall–Kier alpha value is -1.49. The number of hydrogen-bond donors (Lipinski definition) is 1. The molecule has 1 aromatic rings. The number of carbonyl (C=O) groups is 1. The summed E-state index contributed by atoms with van der Waals surface area (Å²) >= 11 is 0. The maximum atomic E-state index is 13.7. The van der Waals surface area contributed by atoms with E-state index in [0.29, 0.717) is 12.5 Å². The van der Waals surface area contributed by atoms with Crippen LogP contribution in [0.2, 0.25) is 0 Å². The molecular formula is C18H26F2N2O. The van der Waals surface area contributed by atoms with Crippen LogP contribution < -0.4 is 5.32 Å². The van der Waals surface area contributed by atoms with Gasteiger partial charge in [-0.2, -0.15) is 0 Å². The van der Waals surface area contributed by atoms with Crippen molar-refractivity contribution < 1.29 is 13.6 Å². The van der Waals surface area contributed by atoms with Crippen molar-refractivity contribution in [2.75, 3.05) is 13.1 Å². The first-order valence-corrected chi connectivity index (χ1v) is 8.45. The predicted octanol–water partition coefficient (Wildman–Crippen LogP) is 3.48. The van der Waals surface area contributed by atoms with E-state index in [0.717, 1.165) is 19.3 Å². The normalized spacial score (nSPS) is 21.4. The van der Waals surface area contributed by atoms with Crippen molar-refractivity contribution in [3.8, 4) is 0 Å². The molecule has 1 aliphatic carbocycles. The lowest BCUT2D eigenvalue weighted by atomic mass is 9.86. The molecule has 2 atom stereocenters. The van der Waals surface area contributed by atoms with Crippen LogP contribution in [-0.4, -0.2) is 29.9 Å². The van der Waals surface area contributed by atoms with Gasteiger partial charge in [-0.05, 0) is 37.4 Å². The first-order valence-electron chi connectivity index (χ1n) is 8.45. The average molecular weight is 324 g/mol. The van der Waals surface area contributed by atoms with Crippen molar-refractivity contribution in [1.82, 2.24) is 10.2 Å². The van der Waals surface area contributed by atoms with Crippen LogP contribution in [0.1, 0.15) is 45.1 Å². The average Bonchev–Trinajstić information content (AvgIpc) is 2.52. The van der Waals surface area contributed by atoms with Gasteiger partial charge >= 0.3 is 0 Å². The molecule has 1 N–H and O–H groups in total. The van der Waals surface area contributed by atoms with E-state index in [9.17, 15) is 13.6 Å². The Morgan fingerprint density at radius 3 is 2.52 bits per heavy atom. The van der Waals surface area contributed by atoms with Crippen LogP contribution in [0.25, 0.3) is 0 Å². The Balaban J connectivity index is 1.92. The SMILES string of the molecule is CCN(CC(=O)NC1CCCCC1C)Cc1c(F)cccc1F. The summed E-state index contributed by atoms with van der Waals surface area (Å²) in [6, 6.07) is 4.06. The van der Waals surface area contributed by atoms with E-state index in [1.165, 1.54) is 24.6 Å². The molecule has 0 radical (unpaired) electrons. The highest BCUT2D eigenvalue weighted by Gasteiger charge is 2.23. The Bertz CT molecular complexity index is 516. The van der Waals surface area contributed by atoms with Gasteiger partial charge in [-0.3, -0.25) is 9.69 Å². The van der Waals surface area contributed by atoms with Crippen LogP contribution in [0, 0.1) is 17.6 Å². The van der Waals surface area contributed by atoms with E-state index < -0.39 is 11.6 Å². The molecule has 1 amide bonds. The quantitative estimate of drug-likeness (QED) is 0.869. The largest absolute Gasteiger partial charge is 0.352 e. The molecule has 0 saturated heterocycles. The number of likely N-dealkylation sites (N-methyl/N-ethyl adjacent to an activating group) is 1. The molecular weight excluding hydrogens is 298 g/mol. The van der Waals surface area contributed by atoms with E-state index in [4.69, 9.17) is 0 Å². The molecule has 0 heterocycles. The van der Waals surface area contributed by atoms with Gasteiger partial charge < -0.3 is 5.32 Å². The minimum absolute atomic E-state index is 0.0215. The smallest absolute Gasteiger partial charge is 0.234 e. The molecule has 1 aliphatic rings. The molecule has 1 saturated carbocycles. The van der Waals surface area contributed by atoms with Gasteiger partial charge in [0.05, 0.1) is 6.54 Å². The number of benzene rings is 1. The van der Waals surface area contributed by atoms with E-state index in [2.05, 4.69) is 12.2 Å². The van der Waals surface area contributed by atoms with Gasteiger partial charge in [0.25, 0.3) is 0 Å². The van der Waals surface area contributed by atoms with Gasteiger partial charge in [-0.15, -0.1) is 0 Å². The van der Waals surface area contributed by atoms with E-state index in [1.54, 1.807) is 4.90 Å². The number of nitrogens with one attached hydrogen (secondary N) is 1. The first kappa shape index (κ1) is 17.9. The van der Waals surface area contributed by atoms with Gasteiger partial charge in [0.1, 0.15) is 11.6 Å². The number of carbonyl (C=O) groups excluding carboxylic acids is 1. The van der Waals surface area contributed by atoms with Crippen molar-refractivity contribution in [3.05, 3.63) is 35.4 Å². The molecule has 1 aromatic carbocycles. The van der Waals surface area contributed by atoms with Crippen molar-refractivity contribution in [3.63, 3.8) is 0 Å². The van der Waals surface area contributed by atoms with Crippen LogP contribution in [0.3, 0.4) is 0 Å². The van der Waals surface area contributed by atoms with Crippen LogP contribution in [0.4, 0.5) is 8.78 Å². The third-order valence-corrected chi connectivity index (χ3v) is 4.72. The van der Waals surface area contributed by atoms with Crippen molar-refractivity contribution in [2.45, 2.75) is 52.1 Å². The highest BCUT2D eigenvalue weighted by molar-refractivity contribution is 5.78. The standard InChI is InChI=1S/C18H26F2N2O/c1-3-22(11-14-15(19)8-6-9-16(14)20)12-18(23)21-17-10-5-4-7-13(17)2/h6,8-9,13,17H,3-5,7,10-12H2,1-2H3,(H,21,23).